The molecule has 3 aromatic heterocycles. The number of fused-ring (bicyclic) bond motifs is 1. The molecule has 1 aliphatic rings. The number of aromatic nitrogens is 3. The number of hydrogen-bond acceptors (Lipinski definition) is 7. The number of nitrogens with one attached hydrogen (secondary N) is 1. The van der Waals surface area contributed by atoms with E-state index in [2.05, 4.69) is 20.0 Å². The number of piperazine rings is 1. The van der Waals surface area contributed by atoms with Gasteiger partial charge in [-0.15, -0.1) is 11.3 Å². The first kappa shape index (κ1) is 21.5. The maximum absolute atomic E-state index is 12.8. The van der Waals surface area contributed by atoms with Crippen LogP contribution in [0.1, 0.15) is 17.9 Å². The molecule has 0 saturated carbocycles. The SMILES string of the molecule is O=C(Cc1cc2ccccc2[nH]c1=O)N1CCN(CCCc2nc(-c3cccs3)no2)CC1. The van der Waals surface area contributed by atoms with Gasteiger partial charge < -0.3 is 14.4 Å². The molecule has 1 aromatic carbocycles. The molecular formula is C24H25N5O3S. The van der Waals surface area contributed by atoms with Crippen LogP contribution < -0.4 is 5.56 Å². The molecule has 1 saturated heterocycles. The van der Waals surface area contributed by atoms with Gasteiger partial charge in [-0.2, -0.15) is 4.98 Å². The molecule has 0 atom stereocenters. The van der Waals surface area contributed by atoms with Gasteiger partial charge in [0.1, 0.15) is 0 Å². The average Bonchev–Trinajstić information content (AvgIpc) is 3.52. The quantitative estimate of drug-likeness (QED) is 0.453. The Morgan fingerprint density at radius 2 is 1.97 bits per heavy atom. The second-order valence-electron chi connectivity index (χ2n) is 8.20. The van der Waals surface area contributed by atoms with Crippen molar-refractivity contribution in [2.45, 2.75) is 19.3 Å². The third kappa shape index (κ3) is 5.04. The Kier molecular flexibility index (Phi) is 6.32. The molecule has 0 unspecified atom stereocenters. The lowest BCUT2D eigenvalue weighted by Gasteiger charge is -2.34. The van der Waals surface area contributed by atoms with E-state index in [-0.39, 0.29) is 17.9 Å². The van der Waals surface area contributed by atoms with E-state index in [1.54, 1.807) is 11.3 Å². The number of amides is 1. The second kappa shape index (κ2) is 9.68. The van der Waals surface area contributed by atoms with E-state index in [9.17, 15) is 9.59 Å². The molecule has 4 aromatic rings. The Morgan fingerprint density at radius 1 is 1.12 bits per heavy atom. The van der Waals surface area contributed by atoms with Crippen LogP contribution in [0.15, 0.2) is 57.2 Å². The van der Waals surface area contributed by atoms with E-state index in [4.69, 9.17) is 4.52 Å². The van der Waals surface area contributed by atoms with Gasteiger partial charge in [0, 0.05) is 43.7 Å². The summed E-state index contributed by atoms with van der Waals surface area (Å²) >= 11 is 1.60. The number of pyridine rings is 1. The zero-order valence-corrected chi connectivity index (χ0v) is 19.0. The molecule has 33 heavy (non-hydrogen) atoms. The minimum absolute atomic E-state index is 0.00222. The zero-order chi connectivity index (χ0) is 22.6. The standard InChI is InChI=1S/C24H25N5O3S/c30-22(16-18-15-17-5-1-2-6-19(17)25-24(18)31)29-12-10-28(11-13-29)9-3-8-21-26-23(27-32-21)20-7-4-14-33-20/h1-2,4-7,14-15H,3,8-13,16H2,(H,25,31). The summed E-state index contributed by atoms with van der Waals surface area (Å²) in [5.41, 5.74) is 1.11. The van der Waals surface area contributed by atoms with Crippen molar-refractivity contribution in [2.75, 3.05) is 32.7 Å². The van der Waals surface area contributed by atoms with Gasteiger partial charge >= 0.3 is 0 Å². The average molecular weight is 464 g/mol. The molecule has 8 nitrogen and oxygen atoms in total. The molecule has 0 bridgehead atoms. The fourth-order valence-electron chi connectivity index (χ4n) is 4.14. The molecule has 1 N–H and O–H groups in total. The molecule has 1 amide bonds. The third-order valence-electron chi connectivity index (χ3n) is 5.97. The molecule has 0 aliphatic carbocycles. The smallest absolute Gasteiger partial charge is 0.252 e. The van der Waals surface area contributed by atoms with Crippen LogP contribution in [-0.4, -0.2) is 63.6 Å². The lowest BCUT2D eigenvalue weighted by Crippen LogP contribution is -2.49. The summed E-state index contributed by atoms with van der Waals surface area (Å²) in [5.74, 6) is 1.31. The van der Waals surface area contributed by atoms with Gasteiger partial charge in [0.15, 0.2) is 0 Å². The first-order chi connectivity index (χ1) is 16.2. The number of rotatable bonds is 7. The predicted molar refractivity (Wildman–Crippen MR) is 127 cm³/mol. The highest BCUT2D eigenvalue weighted by atomic mass is 32.1. The van der Waals surface area contributed by atoms with Crippen molar-refractivity contribution in [1.82, 2.24) is 24.9 Å². The second-order valence-corrected chi connectivity index (χ2v) is 9.15. The Balaban J connectivity index is 1.08. The van der Waals surface area contributed by atoms with Gasteiger partial charge in [-0.1, -0.05) is 29.4 Å². The zero-order valence-electron chi connectivity index (χ0n) is 18.2. The largest absolute Gasteiger partial charge is 0.340 e. The number of para-hydroxylation sites is 1. The summed E-state index contributed by atoms with van der Waals surface area (Å²) in [6.07, 6.45) is 1.79. The van der Waals surface area contributed by atoms with Crippen molar-refractivity contribution < 1.29 is 9.32 Å². The molecule has 0 spiro atoms. The first-order valence-electron chi connectivity index (χ1n) is 11.1. The Hall–Kier alpha value is -3.30. The first-order valence-corrected chi connectivity index (χ1v) is 12.0. The molecule has 1 aliphatic heterocycles. The van der Waals surface area contributed by atoms with E-state index < -0.39 is 0 Å². The van der Waals surface area contributed by atoms with Crippen molar-refractivity contribution in [3.63, 3.8) is 0 Å². The van der Waals surface area contributed by atoms with Crippen molar-refractivity contribution in [1.29, 1.82) is 0 Å². The highest BCUT2D eigenvalue weighted by Gasteiger charge is 2.22. The van der Waals surface area contributed by atoms with E-state index in [1.807, 2.05) is 52.7 Å². The monoisotopic (exact) mass is 463 g/mol. The van der Waals surface area contributed by atoms with Crippen molar-refractivity contribution in [3.05, 3.63) is 69.7 Å². The van der Waals surface area contributed by atoms with Gasteiger partial charge in [-0.3, -0.25) is 14.5 Å². The number of hydrogen-bond donors (Lipinski definition) is 1. The fourth-order valence-corrected chi connectivity index (χ4v) is 4.78. The van der Waals surface area contributed by atoms with Crippen LogP contribution in [0, 0.1) is 0 Å². The Morgan fingerprint density at radius 3 is 2.79 bits per heavy atom. The molecule has 1 fully saturated rings. The molecule has 5 rings (SSSR count). The van der Waals surface area contributed by atoms with E-state index in [0.29, 0.717) is 30.4 Å². The molecule has 9 heteroatoms. The lowest BCUT2D eigenvalue weighted by atomic mass is 10.1. The summed E-state index contributed by atoms with van der Waals surface area (Å²) in [6, 6.07) is 13.4. The van der Waals surface area contributed by atoms with E-state index in [1.165, 1.54) is 0 Å². The number of carbonyl (C=O) groups is 1. The van der Waals surface area contributed by atoms with Gasteiger partial charge in [0.05, 0.1) is 11.3 Å². The Labute approximate surface area is 194 Å². The maximum Gasteiger partial charge on any atom is 0.252 e. The fraction of sp³-hybridized carbons (Fsp3) is 0.333. The molecule has 4 heterocycles. The van der Waals surface area contributed by atoms with Crippen LogP contribution in [0.25, 0.3) is 21.6 Å². The Bertz CT molecular complexity index is 1290. The summed E-state index contributed by atoms with van der Waals surface area (Å²) in [5, 5.41) is 6.99. The van der Waals surface area contributed by atoms with Crippen LogP contribution in [0.2, 0.25) is 0 Å². The van der Waals surface area contributed by atoms with Gasteiger partial charge in [0.2, 0.25) is 17.6 Å². The summed E-state index contributed by atoms with van der Waals surface area (Å²) < 4.78 is 5.37. The van der Waals surface area contributed by atoms with Gasteiger partial charge in [0.25, 0.3) is 5.56 Å². The van der Waals surface area contributed by atoms with Crippen LogP contribution in [-0.2, 0) is 17.6 Å². The van der Waals surface area contributed by atoms with Gasteiger partial charge in [-0.05, 0) is 41.9 Å². The maximum atomic E-state index is 12.8. The number of nitrogens with zero attached hydrogens (tertiary/aromatic N) is 4. The minimum Gasteiger partial charge on any atom is -0.340 e. The molecule has 170 valence electrons. The number of thiophene rings is 1. The van der Waals surface area contributed by atoms with E-state index in [0.717, 1.165) is 48.3 Å². The normalized spacial score (nSPS) is 14.7. The third-order valence-corrected chi connectivity index (χ3v) is 6.84. The van der Waals surface area contributed by atoms with Crippen LogP contribution >= 0.6 is 11.3 Å². The van der Waals surface area contributed by atoms with Crippen LogP contribution in [0.3, 0.4) is 0 Å². The van der Waals surface area contributed by atoms with Gasteiger partial charge in [-0.25, -0.2) is 0 Å². The summed E-state index contributed by atoms with van der Waals surface area (Å²) in [6.45, 7) is 3.91. The number of aromatic amines is 1. The molecular weight excluding hydrogens is 438 g/mol. The van der Waals surface area contributed by atoms with Crippen molar-refractivity contribution in [3.8, 4) is 10.7 Å². The number of aryl methyl sites for hydroxylation is 1. The number of carbonyl (C=O) groups excluding carboxylic acids is 1. The predicted octanol–water partition coefficient (Wildman–Crippen LogP) is 2.96. The minimum atomic E-state index is -0.191. The van der Waals surface area contributed by atoms with Crippen LogP contribution in [0.5, 0.6) is 0 Å². The van der Waals surface area contributed by atoms with Crippen molar-refractivity contribution >= 4 is 28.1 Å². The van der Waals surface area contributed by atoms with Crippen LogP contribution in [0.4, 0.5) is 0 Å². The summed E-state index contributed by atoms with van der Waals surface area (Å²) in [7, 11) is 0. The summed E-state index contributed by atoms with van der Waals surface area (Å²) in [4.78, 5) is 37.7. The van der Waals surface area contributed by atoms with E-state index >= 15 is 0 Å². The topological polar surface area (TPSA) is 95.3 Å². The lowest BCUT2D eigenvalue weighted by molar-refractivity contribution is -0.132. The molecule has 0 radical (unpaired) electrons. The highest BCUT2D eigenvalue weighted by Crippen LogP contribution is 2.21. The van der Waals surface area contributed by atoms with Crippen molar-refractivity contribution in [2.24, 2.45) is 0 Å². The number of H-pyrrole nitrogens is 1. The highest BCUT2D eigenvalue weighted by molar-refractivity contribution is 7.13. The number of benzene rings is 1.